The van der Waals surface area contributed by atoms with Gasteiger partial charge in [0.1, 0.15) is 5.82 Å². The third kappa shape index (κ3) is 5.28. The maximum atomic E-state index is 14.3. The van der Waals surface area contributed by atoms with E-state index in [0.29, 0.717) is 11.8 Å². The highest BCUT2D eigenvalue weighted by atomic mass is 19.4. The summed E-state index contributed by atoms with van der Waals surface area (Å²) in [6.07, 6.45) is 2.42. The number of halogens is 4. The van der Waals surface area contributed by atoms with Crippen LogP contribution in [-0.2, 0) is 12.6 Å². The molecule has 0 bridgehead atoms. The molecule has 0 spiro atoms. The number of pyridine rings is 1. The van der Waals surface area contributed by atoms with Crippen molar-refractivity contribution in [3.05, 3.63) is 87.6 Å². The Kier molecular flexibility index (Phi) is 6.97. The Morgan fingerprint density at radius 3 is 2.41 bits per heavy atom. The van der Waals surface area contributed by atoms with E-state index in [9.17, 15) is 22.4 Å². The zero-order valence-electron chi connectivity index (χ0n) is 18.5. The minimum Gasteiger partial charge on any atom is -0.308 e. The lowest BCUT2D eigenvalue weighted by molar-refractivity contribution is -0.137. The summed E-state index contributed by atoms with van der Waals surface area (Å²) in [5, 5.41) is 7.79. The van der Waals surface area contributed by atoms with E-state index in [1.807, 2.05) is 6.07 Å². The van der Waals surface area contributed by atoms with Crippen LogP contribution >= 0.6 is 0 Å². The van der Waals surface area contributed by atoms with Crippen LogP contribution < -0.4 is 5.56 Å². The molecule has 3 aromatic rings. The average molecular weight is 471 g/mol. The first kappa shape index (κ1) is 23.9. The molecule has 1 aliphatic rings. The lowest BCUT2D eigenvalue weighted by Crippen LogP contribution is -2.21. The van der Waals surface area contributed by atoms with Gasteiger partial charge in [0.2, 0.25) is 0 Å². The maximum absolute atomic E-state index is 14.3. The second kappa shape index (κ2) is 9.93. The molecule has 0 saturated carbocycles. The molecule has 178 valence electrons. The van der Waals surface area contributed by atoms with Gasteiger partial charge >= 0.3 is 6.18 Å². The Balaban J connectivity index is 1.54. The SMILES string of the molecule is N=Cc1cc(-n2ccc(-c3ccc(C(F)(F)F)cc3F)cc2=O)ccc1CCCN1CCCC1. The summed E-state index contributed by atoms with van der Waals surface area (Å²) < 4.78 is 54.1. The zero-order chi connectivity index (χ0) is 24.3. The molecule has 0 unspecified atom stereocenters. The van der Waals surface area contributed by atoms with Crippen LogP contribution in [0, 0.1) is 11.2 Å². The normalized spacial score (nSPS) is 14.5. The minimum atomic E-state index is -4.64. The molecule has 8 heteroatoms. The van der Waals surface area contributed by atoms with Crippen molar-refractivity contribution in [2.24, 2.45) is 0 Å². The molecule has 1 N–H and O–H groups in total. The van der Waals surface area contributed by atoms with Crippen LogP contribution in [-0.4, -0.2) is 35.3 Å². The predicted octanol–water partition coefficient (Wildman–Crippen LogP) is 5.69. The van der Waals surface area contributed by atoms with Crippen LogP contribution in [0.5, 0.6) is 0 Å². The Labute approximate surface area is 195 Å². The third-order valence-corrected chi connectivity index (χ3v) is 6.21. The molecule has 1 fully saturated rings. The summed E-state index contributed by atoms with van der Waals surface area (Å²) in [4.78, 5) is 15.2. The predicted molar refractivity (Wildman–Crippen MR) is 124 cm³/mol. The lowest BCUT2D eigenvalue weighted by atomic mass is 10.0. The van der Waals surface area contributed by atoms with Crippen molar-refractivity contribution in [3.63, 3.8) is 0 Å². The summed E-state index contributed by atoms with van der Waals surface area (Å²) in [5.74, 6) is -1.05. The van der Waals surface area contributed by atoms with Crippen LogP contribution in [0.1, 0.15) is 36.0 Å². The zero-order valence-corrected chi connectivity index (χ0v) is 18.5. The van der Waals surface area contributed by atoms with Gasteiger partial charge in [-0.3, -0.25) is 9.36 Å². The molecular weight excluding hydrogens is 446 g/mol. The van der Waals surface area contributed by atoms with Crippen LogP contribution in [0.4, 0.5) is 17.6 Å². The largest absolute Gasteiger partial charge is 0.416 e. The monoisotopic (exact) mass is 471 g/mol. The number of rotatable bonds is 7. The highest BCUT2D eigenvalue weighted by Gasteiger charge is 2.31. The number of nitrogens with one attached hydrogen (secondary N) is 1. The Morgan fingerprint density at radius 2 is 1.76 bits per heavy atom. The second-order valence-corrected chi connectivity index (χ2v) is 8.50. The van der Waals surface area contributed by atoms with Crippen molar-refractivity contribution in [2.45, 2.75) is 31.9 Å². The van der Waals surface area contributed by atoms with Gasteiger partial charge in [-0.15, -0.1) is 0 Å². The van der Waals surface area contributed by atoms with E-state index < -0.39 is 23.1 Å². The van der Waals surface area contributed by atoms with Crippen molar-refractivity contribution in [2.75, 3.05) is 19.6 Å². The molecule has 0 aliphatic carbocycles. The number of hydrogen-bond acceptors (Lipinski definition) is 3. The van der Waals surface area contributed by atoms with Crippen molar-refractivity contribution in [1.29, 1.82) is 5.41 Å². The number of likely N-dealkylation sites (tertiary alicyclic amines) is 1. The summed E-state index contributed by atoms with van der Waals surface area (Å²) in [7, 11) is 0. The van der Waals surface area contributed by atoms with E-state index >= 15 is 0 Å². The molecule has 2 heterocycles. The van der Waals surface area contributed by atoms with E-state index in [-0.39, 0.29) is 11.1 Å². The molecule has 2 aromatic carbocycles. The van der Waals surface area contributed by atoms with Crippen LogP contribution in [0.15, 0.2) is 59.5 Å². The minimum absolute atomic E-state index is 0.0780. The fourth-order valence-corrected chi connectivity index (χ4v) is 4.38. The van der Waals surface area contributed by atoms with Gasteiger partial charge in [0, 0.05) is 29.7 Å². The molecule has 0 atom stereocenters. The molecule has 4 rings (SSSR count). The highest BCUT2D eigenvalue weighted by Crippen LogP contribution is 2.32. The van der Waals surface area contributed by atoms with E-state index in [1.54, 1.807) is 12.1 Å². The molecule has 1 aromatic heterocycles. The van der Waals surface area contributed by atoms with Gasteiger partial charge < -0.3 is 10.3 Å². The van der Waals surface area contributed by atoms with Gasteiger partial charge in [-0.2, -0.15) is 13.2 Å². The van der Waals surface area contributed by atoms with E-state index in [0.717, 1.165) is 55.7 Å². The second-order valence-electron chi connectivity index (χ2n) is 8.50. The fourth-order valence-electron chi connectivity index (χ4n) is 4.38. The van der Waals surface area contributed by atoms with Crippen LogP contribution in [0.2, 0.25) is 0 Å². The van der Waals surface area contributed by atoms with Crippen molar-refractivity contribution >= 4 is 6.21 Å². The van der Waals surface area contributed by atoms with E-state index in [2.05, 4.69) is 4.90 Å². The Hall–Kier alpha value is -3.26. The smallest absolute Gasteiger partial charge is 0.308 e. The number of nitrogens with zero attached hydrogens (tertiary/aromatic N) is 2. The molecule has 1 aliphatic heterocycles. The standard InChI is InChI=1S/C26H25F4N3O/c27-24-16-21(26(28,29)30)6-8-23(24)19-9-13-33(25(34)15-19)22-7-5-18(20(14-22)17-31)4-3-12-32-10-1-2-11-32/h5-9,13-17,31H,1-4,10-12H2. The molecule has 0 amide bonds. The van der Waals surface area contributed by atoms with Crippen molar-refractivity contribution in [3.8, 4) is 16.8 Å². The first-order chi connectivity index (χ1) is 16.3. The number of aromatic nitrogens is 1. The molecule has 1 saturated heterocycles. The average Bonchev–Trinajstić information content (AvgIpc) is 3.32. The lowest BCUT2D eigenvalue weighted by Gasteiger charge is -2.15. The maximum Gasteiger partial charge on any atom is 0.416 e. The van der Waals surface area contributed by atoms with Crippen LogP contribution in [0.3, 0.4) is 0 Å². The summed E-state index contributed by atoms with van der Waals surface area (Å²) in [5.41, 5.74) is 0.907. The van der Waals surface area contributed by atoms with E-state index in [1.165, 1.54) is 42.0 Å². The van der Waals surface area contributed by atoms with Gasteiger partial charge in [-0.1, -0.05) is 12.1 Å². The number of hydrogen-bond donors (Lipinski definition) is 1. The van der Waals surface area contributed by atoms with Gasteiger partial charge in [-0.05, 0) is 92.3 Å². The first-order valence-electron chi connectivity index (χ1n) is 11.2. The third-order valence-electron chi connectivity index (χ3n) is 6.21. The molecule has 0 radical (unpaired) electrons. The van der Waals surface area contributed by atoms with E-state index in [4.69, 9.17) is 5.41 Å². The Morgan fingerprint density at radius 1 is 1.00 bits per heavy atom. The summed E-state index contributed by atoms with van der Waals surface area (Å²) in [6.45, 7) is 3.32. The molecule has 34 heavy (non-hydrogen) atoms. The van der Waals surface area contributed by atoms with Gasteiger partial charge in [0.15, 0.2) is 0 Å². The summed E-state index contributed by atoms with van der Waals surface area (Å²) in [6, 6.07) is 10.4. The molecule has 4 nitrogen and oxygen atoms in total. The van der Waals surface area contributed by atoms with Crippen LogP contribution in [0.25, 0.3) is 16.8 Å². The quantitative estimate of drug-likeness (QED) is 0.356. The first-order valence-corrected chi connectivity index (χ1v) is 11.2. The van der Waals surface area contributed by atoms with Crippen molar-refractivity contribution < 1.29 is 17.6 Å². The fraction of sp³-hybridized carbons (Fsp3) is 0.308. The number of aryl methyl sites for hydroxylation is 1. The van der Waals surface area contributed by atoms with Crippen molar-refractivity contribution in [1.82, 2.24) is 9.47 Å². The summed E-state index contributed by atoms with van der Waals surface area (Å²) >= 11 is 0. The van der Waals surface area contributed by atoms with Gasteiger partial charge in [0.25, 0.3) is 5.56 Å². The number of alkyl halides is 3. The number of benzene rings is 2. The Bertz CT molecular complexity index is 1240. The topological polar surface area (TPSA) is 49.1 Å². The van der Waals surface area contributed by atoms with Gasteiger partial charge in [-0.25, -0.2) is 4.39 Å². The molecular formula is C26H25F4N3O. The van der Waals surface area contributed by atoms with Gasteiger partial charge in [0.05, 0.1) is 5.56 Å². The highest BCUT2D eigenvalue weighted by molar-refractivity contribution is 5.80.